The van der Waals surface area contributed by atoms with Gasteiger partial charge in [-0.1, -0.05) is 24.3 Å². The van der Waals surface area contributed by atoms with Crippen molar-refractivity contribution in [3.63, 3.8) is 0 Å². The summed E-state index contributed by atoms with van der Waals surface area (Å²) in [7, 11) is 0. The predicted molar refractivity (Wildman–Crippen MR) is 93.4 cm³/mol. The van der Waals surface area contributed by atoms with Crippen molar-refractivity contribution in [1.82, 2.24) is 0 Å². The van der Waals surface area contributed by atoms with Crippen LogP contribution in [-0.2, 0) is 0 Å². The van der Waals surface area contributed by atoms with Crippen LogP contribution in [0.2, 0.25) is 0 Å². The first kappa shape index (κ1) is 21.7. The molecule has 0 heterocycles. The normalized spacial score (nSPS) is 11.9. The summed E-state index contributed by atoms with van der Waals surface area (Å²) in [5.41, 5.74) is -3.96. The molecule has 0 atom stereocenters. The van der Waals surface area contributed by atoms with Crippen LogP contribution in [0.5, 0.6) is 11.5 Å². The quantitative estimate of drug-likeness (QED) is 0.518. The first-order valence-electron chi connectivity index (χ1n) is 8.43. The highest BCUT2D eigenvalue weighted by Crippen LogP contribution is 2.45. The van der Waals surface area contributed by atoms with E-state index in [1.807, 2.05) is 0 Å². The molecule has 0 radical (unpaired) electrons. The van der Waals surface area contributed by atoms with Gasteiger partial charge in [-0.2, -0.15) is 26.3 Å². The highest BCUT2D eigenvalue weighted by atomic mass is 19.4. The molecule has 0 saturated carbocycles. The van der Waals surface area contributed by atoms with Crippen LogP contribution in [0.25, 0.3) is 5.57 Å². The molecule has 0 aliphatic carbocycles. The summed E-state index contributed by atoms with van der Waals surface area (Å²) in [5, 5.41) is 0. The smallest absolute Gasteiger partial charge is 0.421 e. The Labute approximate surface area is 158 Å². The minimum Gasteiger partial charge on any atom is -0.494 e. The van der Waals surface area contributed by atoms with Crippen LogP contribution in [0, 0.1) is 0 Å². The van der Waals surface area contributed by atoms with E-state index in [9.17, 15) is 26.3 Å². The third-order valence-electron chi connectivity index (χ3n) is 3.72. The maximum absolute atomic E-state index is 13.4. The Morgan fingerprint density at radius 1 is 0.643 bits per heavy atom. The van der Waals surface area contributed by atoms with Crippen LogP contribution in [0.3, 0.4) is 0 Å². The minimum absolute atomic E-state index is 0.225. The van der Waals surface area contributed by atoms with E-state index >= 15 is 0 Å². The van der Waals surface area contributed by atoms with E-state index in [0.717, 1.165) is 0 Å². The third kappa shape index (κ3) is 5.21. The average molecular weight is 404 g/mol. The molecule has 28 heavy (non-hydrogen) atoms. The zero-order valence-corrected chi connectivity index (χ0v) is 15.1. The number of benzene rings is 2. The summed E-state index contributed by atoms with van der Waals surface area (Å²) >= 11 is 0. The standard InChI is InChI=1S/C20H18F6O2/c1-3-27-15-9-5-13(6-10-15)17(18(19(21,22)23)20(24,25)26)14-7-11-16(12-8-14)28-4-2/h5-12H,3-4H2,1-2H3. The molecule has 0 aromatic heterocycles. The van der Waals surface area contributed by atoms with E-state index in [0.29, 0.717) is 24.7 Å². The van der Waals surface area contributed by atoms with E-state index < -0.39 is 23.5 Å². The summed E-state index contributed by atoms with van der Waals surface area (Å²) in [6.45, 7) is 4.06. The highest BCUT2D eigenvalue weighted by Gasteiger charge is 2.53. The van der Waals surface area contributed by atoms with Crippen LogP contribution in [0.15, 0.2) is 54.1 Å². The molecule has 2 nitrogen and oxygen atoms in total. The number of allylic oxidation sites excluding steroid dienone is 1. The second kappa shape index (κ2) is 8.58. The largest absolute Gasteiger partial charge is 0.494 e. The molecule has 0 fully saturated rings. The van der Waals surface area contributed by atoms with E-state index in [-0.39, 0.29) is 11.1 Å². The topological polar surface area (TPSA) is 18.5 Å². The first-order chi connectivity index (χ1) is 13.1. The second-order valence-corrected chi connectivity index (χ2v) is 5.66. The Kier molecular flexibility index (Phi) is 6.64. The van der Waals surface area contributed by atoms with Crippen molar-refractivity contribution in [2.75, 3.05) is 13.2 Å². The van der Waals surface area contributed by atoms with Gasteiger partial charge in [-0.25, -0.2) is 0 Å². The second-order valence-electron chi connectivity index (χ2n) is 5.66. The molecular formula is C20H18F6O2. The SMILES string of the molecule is CCOc1ccc(C(=C(C(F)(F)F)C(F)(F)F)c2ccc(OCC)cc2)cc1. The molecule has 0 spiro atoms. The van der Waals surface area contributed by atoms with Crippen LogP contribution in [0.1, 0.15) is 25.0 Å². The number of hydrogen-bond acceptors (Lipinski definition) is 2. The zero-order chi connectivity index (χ0) is 20.9. The summed E-state index contributed by atoms with van der Waals surface area (Å²) in [6, 6.07) is 10.0. The van der Waals surface area contributed by atoms with Gasteiger partial charge in [0.1, 0.15) is 17.1 Å². The van der Waals surface area contributed by atoms with Gasteiger partial charge in [0.05, 0.1) is 13.2 Å². The average Bonchev–Trinajstić information content (AvgIpc) is 2.60. The molecule has 2 rings (SSSR count). The molecule has 152 valence electrons. The lowest BCUT2D eigenvalue weighted by molar-refractivity contribution is -0.170. The molecular weight excluding hydrogens is 386 g/mol. The molecule has 0 aliphatic rings. The van der Waals surface area contributed by atoms with Gasteiger partial charge in [-0.3, -0.25) is 0 Å². The molecule has 0 amide bonds. The fraction of sp³-hybridized carbons (Fsp3) is 0.300. The zero-order valence-electron chi connectivity index (χ0n) is 15.1. The summed E-state index contributed by atoms with van der Waals surface area (Å²) in [6.07, 6.45) is -11.2. The Hall–Kier alpha value is -2.64. The van der Waals surface area contributed by atoms with Crippen molar-refractivity contribution < 1.29 is 35.8 Å². The Balaban J connectivity index is 2.72. The van der Waals surface area contributed by atoms with E-state index in [4.69, 9.17) is 9.47 Å². The molecule has 0 N–H and O–H groups in total. The maximum Gasteiger partial charge on any atom is 0.421 e. The van der Waals surface area contributed by atoms with Gasteiger partial charge in [0.15, 0.2) is 0 Å². The number of rotatable bonds is 6. The van der Waals surface area contributed by atoms with Gasteiger partial charge >= 0.3 is 12.4 Å². The Morgan fingerprint density at radius 3 is 1.21 bits per heavy atom. The minimum atomic E-state index is -5.59. The molecule has 2 aromatic rings. The number of hydrogen-bond donors (Lipinski definition) is 0. The predicted octanol–water partition coefficient (Wildman–Crippen LogP) is 6.41. The molecule has 0 unspecified atom stereocenters. The van der Waals surface area contributed by atoms with E-state index in [2.05, 4.69) is 0 Å². The van der Waals surface area contributed by atoms with Gasteiger partial charge in [0.2, 0.25) is 0 Å². The lowest BCUT2D eigenvalue weighted by atomic mass is 9.92. The van der Waals surface area contributed by atoms with Crippen molar-refractivity contribution in [1.29, 1.82) is 0 Å². The summed E-state index contributed by atoms with van der Waals surface area (Å²) in [4.78, 5) is 0. The first-order valence-corrected chi connectivity index (χ1v) is 8.43. The van der Waals surface area contributed by atoms with E-state index in [1.165, 1.54) is 48.5 Å². The van der Waals surface area contributed by atoms with Gasteiger partial charge in [0.25, 0.3) is 0 Å². The number of alkyl halides is 6. The van der Waals surface area contributed by atoms with Crippen molar-refractivity contribution in [3.8, 4) is 11.5 Å². The summed E-state index contributed by atoms with van der Waals surface area (Å²) < 4.78 is 90.9. The van der Waals surface area contributed by atoms with Crippen molar-refractivity contribution in [2.45, 2.75) is 26.2 Å². The summed E-state index contributed by atoms with van der Waals surface area (Å²) in [5.74, 6) is 0.690. The van der Waals surface area contributed by atoms with Crippen molar-refractivity contribution >= 4 is 5.57 Å². The Morgan fingerprint density at radius 2 is 0.964 bits per heavy atom. The van der Waals surface area contributed by atoms with Gasteiger partial charge in [-0.15, -0.1) is 0 Å². The van der Waals surface area contributed by atoms with Crippen LogP contribution in [-0.4, -0.2) is 25.6 Å². The molecule has 2 aromatic carbocycles. The monoisotopic (exact) mass is 404 g/mol. The van der Waals surface area contributed by atoms with Crippen LogP contribution < -0.4 is 9.47 Å². The molecule has 0 bridgehead atoms. The van der Waals surface area contributed by atoms with Gasteiger partial charge < -0.3 is 9.47 Å². The molecule has 0 saturated heterocycles. The maximum atomic E-state index is 13.4. The lowest BCUT2D eigenvalue weighted by Gasteiger charge is -2.21. The highest BCUT2D eigenvalue weighted by molar-refractivity contribution is 5.84. The fourth-order valence-corrected chi connectivity index (χ4v) is 2.67. The van der Waals surface area contributed by atoms with Gasteiger partial charge in [-0.05, 0) is 49.2 Å². The fourth-order valence-electron chi connectivity index (χ4n) is 2.67. The number of halogens is 6. The van der Waals surface area contributed by atoms with Crippen LogP contribution >= 0.6 is 0 Å². The van der Waals surface area contributed by atoms with E-state index in [1.54, 1.807) is 13.8 Å². The molecule has 0 aliphatic heterocycles. The van der Waals surface area contributed by atoms with Crippen molar-refractivity contribution in [2.24, 2.45) is 0 Å². The van der Waals surface area contributed by atoms with Gasteiger partial charge in [0, 0.05) is 5.57 Å². The number of ether oxygens (including phenoxy) is 2. The van der Waals surface area contributed by atoms with Crippen molar-refractivity contribution in [3.05, 3.63) is 65.2 Å². The third-order valence-corrected chi connectivity index (χ3v) is 3.72. The molecule has 8 heteroatoms. The van der Waals surface area contributed by atoms with Crippen LogP contribution in [0.4, 0.5) is 26.3 Å². The lowest BCUT2D eigenvalue weighted by Crippen LogP contribution is -2.28. The Bertz CT molecular complexity index is 735.